The van der Waals surface area contributed by atoms with E-state index >= 15 is 0 Å². The fraction of sp³-hybridized carbons (Fsp3) is 0.214. The van der Waals surface area contributed by atoms with E-state index in [1.54, 1.807) is 17.0 Å². The van der Waals surface area contributed by atoms with Crippen LogP contribution in [0.5, 0.6) is 5.75 Å². The lowest BCUT2D eigenvalue weighted by Crippen LogP contribution is -2.36. The highest BCUT2D eigenvalue weighted by molar-refractivity contribution is 8.18. The minimum Gasteiger partial charge on any atom is -0.489 e. The van der Waals surface area contributed by atoms with Crippen molar-refractivity contribution in [3.8, 4) is 5.75 Å². The highest BCUT2D eigenvalue weighted by atomic mass is 32.2. The molecule has 0 saturated carbocycles. The fourth-order valence-corrected chi connectivity index (χ4v) is 4.51. The SMILES string of the molecule is CC[C@@H](C)N1C(=O)/C(=C\c2ccc(OCc3ccc(F)cc3)cc2)SC1=Nc1ccc(C)cc1. The van der Waals surface area contributed by atoms with Crippen molar-refractivity contribution in [2.45, 2.75) is 39.8 Å². The number of hydrogen-bond donors (Lipinski definition) is 0. The van der Waals surface area contributed by atoms with E-state index in [1.165, 1.54) is 29.5 Å². The first kappa shape index (κ1) is 23.8. The van der Waals surface area contributed by atoms with Crippen LogP contribution in [-0.2, 0) is 11.4 Å². The Hall–Kier alpha value is -3.38. The van der Waals surface area contributed by atoms with Crippen molar-refractivity contribution in [3.05, 3.63) is 100 Å². The van der Waals surface area contributed by atoms with Crippen LogP contribution in [-0.4, -0.2) is 22.0 Å². The van der Waals surface area contributed by atoms with Crippen molar-refractivity contribution in [1.29, 1.82) is 0 Å². The Kier molecular flexibility index (Phi) is 7.48. The van der Waals surface area contributed by atoms with Crippen LogP contribution in [0.4, 0.5) is 10.1 Å². The van der Waals surface area contributed by atoms with Crippen LogP contribution < -0.4 is 4.74 Å². The number of halogens is 1. The van der Waals surface area contributed by atoms with Crippen LogP contribution in [0.2, 0.25) is 0 Å². The fourth-order valence-electron chi connectivity index (χ4n) is 3.42. The van der Waals surface area contributed by atoms with Gasteiger partial charge in [0.25, 0.3) is 5.91 Å². The number of carbonyl (C=O) groups is 1. The topological polar surface area (TPSA) is 41.9 Å². The predicted molar refractivity (Wildman–Crippen MR) is 138 cm³/mol. The summed E-state index contributed by atoms with van der Waals surface area (Å²) < 4.78 is 18.8. The molecule has 0 bridgehead atoms. The summed E-state index contributed by atoms with van der Waals surface area (Å²) >= 11 is 1.40. The molecule has 4 rings (SSSR count). The van der Waals surface area contributed by atoms with Crippen molar-refractivity contribution in [2.75, 3.05) is 0 Å². The number of carbonyl (C=O) groups excluding carboxylic acids is 1. The second-order valence-electron chi connectivity index (χ2n) is 8.26. The molecule has 0 aliphatic carbocycles. The molecule has 0 spiro atoms. The second kappa shape index (κ2) is 10.7. The average molecular weight is 475 g/mol. The molecule has 6 heteroatoms. The largest absolute Gasteiger partial charge is 0.489 e. The maximum atomic E-state index is 13.2. The molecular formula is C28H27FN2O2S. The number of nitrogens with zero attached hydrogens (tertiary/aromatic N) is 2. The quantitative estimate of drug-likeness (QED) is 0.343. The summed E-state index contributed by atoms with van der Waals surface area (Å²) in [5, 5.41) is 0.703. The van der Waals surface area contributed by atoms with Gasteiger partial charge in [-0.1, -0.05) is 48.9 Å². The highest BCUT2D eigenvalue weighted by Gasteiger charge is 2.36. The Labute approximate surface area is 204 Å². The molecule has 1 atom stereocenters. The predicted octanol–water partition coefficient (Wildman–Crippen LogP) is 7.12. The van der Waals surface area contributed by atoms with Crippen LogP contribution in [0.3, 0.4) is 0 Å². The standard InChI is InChI=1S/C28H27FN2O2S/c1-4-20(3)31-27(32)26(34-28(31)30-24-13-5-19(2)6-14-24)17-21-9-15-25(16-10-21)33-18-22-7-11-23(29)12-8-22/h5-17,20H,4,18H2,1-3H3/b26-17+,30-28?/t20-/m1/s1. The molecule has 3 aromatic rings. The third kappa shape index (κ3) is 5.75. The lowest BCUT2D eigenvalue weighted by atomic mass is 10.2. The van der Waals surface area contributed by atoms with E-state index < -0.39 is 0 Å². The van der Waals surface area contributed by atoms with Gasteiger partial charge in [-0.15, -0.1) is 0 Å². The molecular weight excluding hydrogens is 447 g/mol. The molecule has 1 heterocycles. The molecule has 1 saturated heterocycles. The van der Waals surface area contributed by atoms with Gasteiger partial charge in [0, 0.05) is 6.04 Å². The molecule has 4 nitrogen and oxygen atoms in total. The van der Waals surface area contributed by atoms with E-state index in [0.29, 0.717) is 22.4 Å². The Bertz CT molecular complexity index is 1200. The zero-order chi connectivity index (χ0) is 24.1. The summed E-state index contributed by atoms with van der Waals surface area (Å²) in [5.74, 6) is 0.418. The minimum atomic E-state index is -0.264. The van der Waals surface area contributed by atoms with Crippen LogP contribution in [0.25, 0.3) is 6.08 Å². The maximum absolute atomic E-state index is 13.2. The number of amides is 1. The zero-order valence-electron chi connectivity index (χ0n) is 19.5. The number of amidine groups is 1. The molecule has 0 radical (unpaired) electrons. The third-order valence-corrected chi connectivity index (χ3v) is 6.61. The lowest BCUT2D eigenvalue weighted by molar-refractivity contribution is -0.123. The van der Waals surface area contributed by atoms with Gasteiger partial charge in [-0.05, 0) is 85.6 Å². The Morgan fingerprint density at radius 3 is 2.35 bits per heavy atom. The van der Waals surface area contributed by atoms with Crippen molar-refractivity contribution < 1.29 is 13.9 Å². The molecule has 174 valence electrons. The first-order valence-corrected chi connectivity index (χ1v) is 12.1. The van der Waals surface area contributed by atoms with Crippen LogP contribution >= 0.6 is 11.8 Å². The number of hydrogen-bond acceptors (Lipinski definition) is 4. The van der Waals surface area contributed by atoms with Crippen LogP contribution in [0, 0.1) is 12.7 Å². The first-order valence-electron chi connectivity index (χ1n) is 11.3. The van der Waals surface area contributed by atoms with E-state index in [1.807, 2.05) is 68.5 Å². The monoisotopic (exact) mass is 474 g/mol. The molecule has 1 aliphatic heterocycles. The van der Waals surface area contributed by atoms with Crippen molar-refractivity contribution >= 4 is 34.6 Å². The van der Waals surface area contributed by atoms with Gasteiger partial charge in [0.1, 0.15) is 18.2 Å². The zero-order valence-corrected chi connectivity index (χ0v) is 20.3. The second-order valence-corrected chi connectivity index (χ2v) is 9.27. The minimum absolute atomic E-state index is 0.0261. The van der Waals surface area contributed by atoms with E-state index in [-0.39, 0.29) is 17.8 Å². The third-order valence-electron chi connectivity index (χ3n) is 5.62. The van der Waals surface area contributed by atoms with Gasteiger partial charge in [-0.3, -0.25) is 9.69 Å². The lowest BCUT2D eigenvalue weighted by Gasteiger charge is -2.22. The smallest absolute Gasteiger partial charge is 0.266 e. The van der Waals surface area contributed by atoms with Gasteiger partial charge in [0.2, 0.25) is 0 Å². The molecule has 1 aliphatic rings. The number of benzene rings is 3. The van der Waals surface area contributed by atoms with Gasteiger partial charge in [-0.25, -0.2) is 9.38 Å². The normalized spacial score (nSPS) is 16.9. The molecule has 0 aromatic heterocycles. The van der Waals surface area contributed by atoms with Crippen LogP contribution in [0.15, 0.2) is 82.7 Å². The van der Waals surface area contributed by atoms with E-state index in [9.17, 15) is 9.18 Å². The van der Waals surface area contributed by atoms with Crippen molar-refractivity contribution in [3.63, 3.8) is 0 Å². The Morgan fingerprint density at radius 1 is 1.03 bits per heavy atom. The Balaban J connectivity index is 1.50. The van der Waals surface area contributed by atoms with E-state index in [4.69, 9.17) is 9.73 Å². The van der Waals surface area contributed by atoms with E-state index in [0.717, 1.165) is 23.2 Å². The molecule has 34 heavy (non-hydrogen) atoms. The summed E-state index contributed by atoms with van der Waals surface area (Å²) in [6.45, 7) is 6.51. The summed E-state index contributed by atoms with van der Waals surface area (Å²) in [6, 6.07) is 21.9. The number of aliphatic imine (C=N–C) groups is 1. The van der Waals surface area contributed by atoms with E-state index in [2.05, 4.69) is 6.92 Å². The van der Waals surface area contributed by atoms with Gasteiger partial charge in [0.05, 0.1) is 10.6 Å². The summed E-state index contributed by atoms with van der Waals surface area (Å²) in [6.07, 6.45) is 2.73. The van der Waals surface area contributed by atoms with Crippen LogP contribution in [0.1, 0.15) is 37.0 Å². The molecule has 1 amide bonds. The molecule has 0 N–H and O–H groups in total. The Morgan fingerprint density at radius 2 is 1.71 bits per heavy atom. The summed E-state index contributed by atoms with van der Waals surface area (Å²) in [5.41, 5.74) is 3.80. The van der Waals surface area contributed by atoms with Gasteiger partial charge >= 0.3 is 0 Å². The van der Waals surface area contributed by atoms with Gasteiger partial charge < -0.3 is 4.74 Å². The molecule has 3 aromatic carbocycles. The summed E-state index contributed by atoms with van der Waals surface area (Å²) in [4.78, 5) is 20.4. The number of thioether (sulfide) groups is 1. The van der Waals surface area contributed by atoms with Crippen molar-refractivity contribution in [1.82, 2.24) is 4.90 Å². The molecule has 0 unspecified atom stereocenters. The summed E-state index contributed by atoms with van der Waals surface area (Å²) in [7, 11) is 0. The maximum Gasteiger partial charge on any atom is 0.266 e. The number of rotatable bonds is 7. The first-order chi connectivity index (χ1) is 16.4. The molecule has 1 fully saturated rings. The van der Waals surface area contributed by atoms with Gasteiger partial charge in [-0.2, -0.15) is 0 Å². The number of ether oxygens (including phenoxy) is 1. The van der Waals surface area contributed by atoms with Gasteiger partial charge in [0.15, 0.2) is 5.17 Å². The number of aryl methyl sites for hydroxylation is 1. The highest BCUT2D eigenvalue weighted by Crippen LogP contribution is 2.36. The average Bonchev–Trinajstić information content (AvgIpc) is 3.15. The van der Waals surface area contributed by atoms with Crippen molar-refractivity contribution in [2.24, 2.45) is 4.99 Å².